The fraction of sp³-hybridized carbons (Fsp3) is 0.500. The fourth-order valence-corrected chi connectivity index (χ4v) is 5.66. The molecule has 0 unspecified atom stereocenters. The van der Waals surface area contributed by atoms with E-state index in [1.165, 1.54) is 6.07 Å². The van der Waals surface area contributed by atoms with Gasteiger partial charge in [0.2, 0.25) is 10.0 Å². The van der Waals surface area contributed by atoms with Gasteiger partial charge in [-0.1, -0.05) is 12.5 Å². The number of pyridine rings is 1. The maximum atomic E-state index is 13.6. The van der Waals surface area contributed by atoms with E-state index in [1.54, 1.807) is 30.0 Å². The Labute approximate surface area is 216 Å². The number of primary sulfonamides is 1. The highest BCUT2D eigenvalue weighted by molar-refractivity contribution is 7.89. The van der Waals surface area contributed by atoms with E-state index in [9.17, 15) is 13.2 Å². The third-order valence-electron chi connectivity index (χ3n) is 7.39. The first kappa shape index (κ1) is 25.8. The molecular weight excluding hydrogens is 494 g/mol. The van der Waals surface area contributed by atoms with Gasteiger partial charge in [-0.25, -0.2) is 23.5 Å². The number of sulfonamides is 1. The van der Waals surface area contributed by atoms with Gasteiger partial charge in [-0.2, -0.15) is 0 Å². The molecule has 1 aliphatic carbocycles. The van der Waals surface area contributed by atoms with Crippen LogP contribution in [0, 0.1) is 6.92 Å². The zero-order chi connectivity index (χ0) is 26.2. The standard InChI is InChI=1S/C26H33N5O5S/c1-17-12-21(37(27,33)34)7-6-18(17)8-9-31-25(19-4-3-5-19)29-23-13-24(28-14-22(23)26(31)32)30-10-11-36-20(15-30)16-35-2/h6-7,12-14,19-20H,3-5,8-11,15-16H2,1-2H3,(H2,27,33,34)/t20-/m1/s1. The highest BCUT2D eigenvalue weighted by Crippen LogP contribution is 2.35. The molecule has 5 rings (SSSR count). The minimum Gasteiger partial charge on any atom is -0.382 e. The number of nitrogens with zero attached hydrogens (tertiary/aromatic N) is 4. The lowest BCUT2D eigenvalue weighted by atomic mass is 9.84. The van der Waals surface area contributed by atoms with Gasteiger partial charge in [-0.3, -0.25) is 9.36 Å². The first-order chi connectivity index (χ1) is 17.7. The number of morpholine rings is 1. The lowest BCUT2D eigenvalue weighted by Crippen LogP contribution is -2.44. The summed E-state index contributed by atoms with van der Waals surface area (Å²) < 4.78 is 36.1. The molecule has 2 aliphatic rings. The largest absolute Gasteiger partial charge is 0.382 e. The van der Waals surface area contributed by atoms with Crippen LogP contribution in [0.3, 0.4) is 0 Å². The van der Waals surface area contributed by atoms with E-state index in [0.717, 1.165) is 48.6 Å². The lowest BCUT2D eigenvalue weighted by Gasteiger charge is -2.33. The molecule has 1 atom stereocenters. The van der Waals surface area contributed by atoms with Crippen molar-refractivity contribution in [3.63, 3.8) is 0 Å². The van der Waals surface area contributed by atoms with E-state index >= 15 is 0 Å². The van der Waals surface area contributed by atoms with Crippen LogP contribution in [0.1, 0.15) is 42.1 Å². The number of rotatable bonds is 8. The molecule has 1 saturated carbocycles. The number of aryl methyl sites for hydroxylation is 2. The molecule has 0 bridgehead atoms. The van der Waals surface area contributed by atoms with Crippen LogP contribution in [0.2, 0.25) is 0 Å². The molecule has 3 heterocycles. The number of fused-ring (bicyclic) bond motifs is 1. The van der Waals surface area contributed by atoms with Crippen LogP contribution < -0.4 is 15.6 Å². The summed E-state index contributed by atoms with van der Waals surface area (Å²) in [7, 11) is -2.10. The van der Waals surface area contributed by atoms with E-state index in [2.05, 4.69) is 9.88 Å². The fourth-order valence-electron chi connectivity index (χ4n) is 5.06. The molecular formula is C26H33N5O5S. The Morgan fingerprint density at radius 1 is 1.24 bits per heavy atom. The zero-order valence-corrected chi connectivity index (χ0v) is 22.0. The zero-order valence-electron chi connectivity index (χ0n) is 21.2. The normalized spacial score (nSPS) is 18.8. The summed E-state index contributed by atoms with van der Waals surface area (Å²) in [6, 6.07) is 6.77. The molecule has 0 amide bonds. The second-order valence-corrected chi connectivity index (χ2v) is 11.5. The smallest absolute Gasteiger partial charge is 0.262 e. The molecule has 2 fully saturated rings. The van der Waals surface area contributed by atoms with Gasteiger partial charge in [-0.15, -0.1) is 0 Å². The summed E-state index contributed by atoms with van der Waals surface area (Å²) in [6.45, 7) is 4.80. The Hall–Kier alpha value is -2.86. The topological polar surface area (TPSA) is 130 Å². The molecule has 11 heteroatoms. The van der Waals surface area contributed by atoms with E-state index in [4.69, 9.17) is 19.6 Å². The molecule has 2 aromatic heterocycles. The highest BCUT2D eigenvalue weighted by Gasteiger charge is 2.27. The first-order valence-corrected chi connectivity index (χ1v) is 14.2. The van der Waals surface area contributed by atoms with Crippen molar-refractivity contribution < 1.29 is 17.9 Å². The van der Waals surface area contributed by atoms with Crippen molar-refractivity contribution in [2.75, 3.05) is 38.3 Å². The van der Waals surface area contributed by atoms with E-state index in [0.29, 0.717) is 43.6 Å². The summed E-state index contributed by atoms with van der Waals surface area (Å²) >= 11 is 0. The molecule has 37 heavy (non-hydrogen) atoms. The summed E-state index contributed by atoms with van der Waals surface area (Å²) in [6.07, 6.45) is 5.34. The van der Waals surface area contributed by atoms with Crippen molar-refractivity contribution in [2.45, 2.75) is 56.1 Å². The Bertz CT molecular complexity index is 1470. The third-order valence-corrected chi connectivity index (χ3v) is 8.30. The van der Waals surface area contributed by atoms with E-state index in [-0.39, 0.29) is 22.5 Å². The molecule has 1 aliphatic heterocycles. The molecule has 1 saturated heterocycles. The van der Waals surface area contributed by atoms with Crippen molar-refractivity contribution in [3.05, 3.63) is 57.8 Å². The maximum absolute atomic E-state index is 13.6. The SMILES string of the molecule is COC[C@H]1CN(c2cc3nc(C4CCC4)n(CCc4ccc(S(N)(=O)=O)cc4C)c(=O)c3cn2)CCO1. The number of benzene rings is 1. The van der Waals surface area contributed by atoms with E-state index in [1.807, 2.05) is 13.0 Å². The van der Waals surface area contributed by atoms with Gasteiger partial charge in [0.1, 0.15) is 11.6 Å². The molecule has 0 radical (unpaired) electrons. The second-order valence-electron chi connectivity index (χ2n) is 9.89. The van der Waals surface area contributed by atoms with Crippen LogP contribution in [0.25, 0.3) is 10.9 Å². The molecule has 2 N–H and O–H groups in total. The predicted octanol–water partition coefficient (Wildman–Crippen LogP) is 2.11. The van der Waals surface area contributed by atoms with Gasteiger partial charge < -0.3 is 14.4 Å². The average Bonchev–Trinajstić information content (AvgIpc) is 2.83. The summed E-state index contributed by atoms with van der Waals surface area (Å²) in [5.41, 5.74) is 2.35. The monoisotopic (exact) mass is 527 g/mol. The predicted molar refractivity (Wildman–Crippen MR) is 140 cm³/mol. The molecule has 198 valence electrons. The summed E-state index contributed by atoms with van der Waals surface area (Å²) in [5, 5.41) is 5.76. The summed E-state index contributed by atoms with van der Waals surface area (Å²) in [4.78, 5) is 25.5. The van der Waals surface area contributed by atoms with Gasteiger partial charge in [0, 0.05) is 44.9 Å². The maximum Gasteiger partial charge on any atom is 0.262 e. The number of hydrogen-bond acceptors (Lipinski definition) is 8. The van der Waals surface area contributed by atoms with Gasteiger partial charge >= 0.3 is 0 Å². The molecule has 10 nitrogen and oxygen atoms in total. The number of aromatic nitrogens is 3. The van der Waals surface area contributed by atoms with E-state index < -0.39 is 10.0 Å². The summed E-state index contributed by atoms with van der Waals surface area (Å²) in [5.74, 6) is 1.86. The third kappa shape index (κ3) is 5.40. The second kappa shape index (κ2) is 10.5. The molecule has 3 aromatic rings. The van der Waals surface area contributed by atoms with Crippen molar-refractivity contribution >= 4 is 26.7 Å². The Morgan fingerprint density at radius 2 is 2.05 bits per heavy atom. The molecule has 0 spiro atoms. The highest BCUT2D eigenvalue weighted by atomic mass is 32.2. The van der Waals surface area contributed by atoms with Crippen LogP contribution in [0.4, 0.5) is 5.82 Å². The van der Waals surface area contributed by atoms with Gasteiger partial charge in [-0.05, 0) is 49.4 Å². The number of methoxy groups -OCH3 is 1. The van der Waals surface area contributed by atoms with Crippen molar-refractivity contribution in [3.8, 4) is 0 Å². The molecule has 1 aromatic carbocycles. The minimum atomic E-state index is -3.76. The Balaban J connectivity index is 1.45. The number of ether oxygens (including phenoxy) is 2. The van der Waals surface area contributed by atoms with Crippen LogP contribution in [-0.4, -0.2) is 62.5 Å². The van der Waals surface area contributed by atoms with Crippen LogP contribution in [0.5, 0.6) is 0 Å². The van der Waals surface area contributed by atoms with Crippen molar-refractivity contribution in [1.29, 1.82) is 0 Å². The van der Waals surface area contributed by atoms with Gasteiger partial charge in [0.15, 0.2) is 0 Å². The van der Waals surface area contributed by atoms with Gasteiger partial charge in [0.05, 0.1) is 35.1 Å². The number of hydrogen-bond donors (Lipinski definition) is 1. The van der Waals surface area contributed by atoms with Crippen LogP contribution in [-0.2, 0) is 32.5 Å². The quantitative estimate of drug-likeness (QED) is 0.472. The van der Waals surface area contributed by atoms with Crippen LogP contribution in [0.15, 0.2) is 40.2 Å². The number of anilines is 1. The van der Waals surface area contributed by atoms with Gasteiger partial charge in [0.25, 0.3) is 5.56 Å². The Kier molecular flexibility index (Phi) is 7.30. The average molecular weight is 528 g/mol. The first-order valence-electron chi connectivity index (χ1n) is 12.6. The van der Waals surface area contributed by atoms with Crippen molar-refractivity contribution in [2.24, 2.45) is 5.14 Å². The lowest BCUT2D eigenvalue weighted by molar-refractivity contribution is -0.0102. The van der Waals surface area contributed by atoms with Crippen molar-refractivity contribution in [1.82, 2.24) is 14.5 Å². The Morgan fingerprint density at radius 3 is 2.73 bits per heavy atom. The minimum absolute atomic E-state index is 0.0229. The van der Waals surface area contributed by atoms with Crippen LogP contribution >= 0.6 is 0 Å². The number of nitrogens with two attached hydrogens (primary N) is 1.